The quantitative estimate of drug-likeness (QED) is 0.798. The molecule has 0 unspecified atom stereocenters. The molecule has 3 rings (SSSR count). The zero-order chi connectivity index (χ0) is 15.8. The van der Waals surface area contributed by atoms with Gasteiger partial charge in [0.1, 0.15) is 0 Å². The van der Waals surface area contributed by atoms with Crippen LogP contribution in [0.2, 0.25) is 0 Å². The molecule has 2 aliphatic heterocycles. The van der Waals surface area contributed by atoms with Gasteiger partial charge in [-0.2, -0.15) is 0 Å². The van der Waals surface area contributed by atoms with Crippen LogP contribution in [-0.2, 0) is 15.9 Å². The molecule has 0 aliphatic carbocycles. The summed E-state index contributed by atoms with van der Waals surface area (Å²) in [6.45, 7) is 11.4. The van der Waals surface area contributed by atoms with Gasteiger partial charge < -0.3 is 9.31 Å². The number of hydrogen-bond acceptors (Lipinski definition) is 3. The number of rotatable bonds is 3. The summed E-state index contributed by atoms with van der Waals surface area (Å²) < 4.78 is 12.4. The fraction of sp³-hybridized carbons (Fsp3) is 0.556. The standard InChI is InChI=1S/C18H26BNO2/c1-17(2)18(3,4)22-19(21-17)16-11-8-12-20(14-16)13-15-9-6-5-7-10-15/h5-7,9-11H,8,12-14H2,1-4H3. The first-order valence-corrected chi connectivity index (χ1v) is 8.18. The summed E-state index contributed by atoms with van der Waals surface area (Å²) in [6.07, 6.45) is 3.36. The fourth-order valence-corrected chi connectivity index (χ4v) is 2.98. The number of nitrogens with zero attached hydrogens (tertiary/aromatic N) is 1. The second-order valence-corrected chi connectivity index (χ2v) is 7.35. The first-order chi connectivity index (χ1) is 10.4. The Morgan fingerprint density at radius 3 is 2.32 bits per heavy atom. The zero-order valence-corrected chi connectivity index (χ0v) is 14.1. The van der Waals surface area contributed by atoms with Gasteiger partial charge in [-0.3, -0.25) is 4.90 Å². The van der Waals surface area contributed by atoms with Crippen molar-refractivity contribution in [3.63, 3.8) is 0 Å². The zero-order valence-electron chi connectivity index (χ0n) is 14.1. The SMILES string of the molecule is CC1(C)OB(C2=CCCN(Cc3ccccc3)C2)OC1(C)C. The van der Waals surface area contributed by atoms with Crippen molar-refractivity contribution in [1.29, 1.82) is 0 Å². The molecule has 1 aromatic carbocycles. The smallest absolute Gasteiger partial charge is 0.400 e. The van der Waals surface area contributed by atoms with Gasteiger partial charge in [0.15, 0.2) is 0 Å². The van der Waals surface area contributed by atoms with Crippen LogP contribution >= 0.6 is 0 Å². The normalized spacial score (nSPS) is 24.4. The Kier molecular flexibility index (Phi) is 4.19. The highest BCUT2D eigenvalue weighted by molar-refractivity contribution is 6.54. The number of hydrogen-bond donors (Lipinski definition) is 0. The summed E-state index contributed by atoms with van der Waals surface area (Å²) in [6, 6.07) is 10.6. The van der Waals surface area contributed by atoms with Gasteiger partial charge in [-0.1, -0.05) is 36.4 Å². The Balaban J connectivity index is 1.65. The van der Waals surface area contributed by atoms with E-state index in [4.69, 9.17) is 9.31 Å². The minimum absolute atomic E-state index is 0.205. The lowest BCUT2D eigenvalue weighted by molar-refractivity contribution is 0.00578. The highest BCUT2D eigenvalue weighted by atomic mass is 16.7. The molecule has 0 atom stereocenters. The second-order valence-electron chi connectivity index (χ2n) is 7.35. The van der Waals surface area contributed by atoms with Gasteiger partial charge in [0, 0.05) is 19.6 Å². The van der Waals surface area contributed by atoms with Crippen LogP contribution in [0.1, 0.15) is 39.7 Å². The first kappa shape index (κ1) is 15.8. The predicted molar refractivity (Wildman–Crippen MR) is 90.5 cm³/mol. The predicted octanol–water partition coefficient (Wildman–Crippen LogP) is 3.45. The molecule has 4 heteroatoms. The molecule has 2 heterocycles. The van der Waals surface area contributed by atoms with Gasteiger partial charge in [-0.05, 0) is 45.2 Å². The van der Waals surface area contributed by atoms with Crippen LogP contribution in [0.15, 0.2) is 41.9 Å². The molecular formula is C18H26BNO2. The van der Waals surface area contributed by atoms with Gasteiger partial charge in [0.2, 0.25) is 0 Å². The molecule has 0 aromatic heterocycles. The van der Waals surface area contributed by atoms with Gasteiger partial charge in [-0.15, -0.1) is 0 Å². The third-order valence-electron chi connectivity index (χ3n) is 5.06. The van der Waals surface area contributed by atoms with Crippen molar-refractivity contribution in [3.8, 4) is 0 Å². The highest BCUT2D eigenvalue weighted by Crippen LogP contribution is 2.39. The fourth-order valence-electron chi connectivity index (χ4n) is 2.98. The van der Waals surface area contributed by atoms with E-state index in [1.54, 1.807) is 0 Å². The first-order valence-electron chi connectivity index (χ1n) is 8.18. The molecule has 1 fully saturated rings. The molecule has 118 valence electrons. The maximum absolute atomic E-state index is 6.18. The molecule has 22 heavy (non-hydrogen) atoms. The summed E-state index contributed by atoms with van der Waals surface area (Å²) in [5.41, 5.74) is 2.10. The van der Waals surface area contributed by atoms with Gasteiger partial charge in [0.05, 0.1) is 11.2 Å². The van der Waals surface area contributed by atoms with Gasteiger partial charge >= 0.3 is 7.12 Å². The van der Waals surface area contributed by atoms with E-state index in [1.807, 2.05) is 0 Å². The second kappa shape index (κ2) is 5.84. The molecule has 1 saturated heterocycles. The Hall–Kier alpha value is -1.10. The van der Waals surface area contributed by atoms with Crippen LogP contribution in [0.4, 0.5) is 0 Å². The lowest BCUT2D eigenvalue weighted by Crippen LogP contribution is -2.41. The van der Waals surface area contributed by atoms with Crippen LogP contribution in [0.5, 0.6) is 0 Å². The molecule has 0 N–H and O–H groups in total. The van der Waals surface area contributed by atoms with E-state index in [0.29, 0.717) is 0 Å². The lowest BCUT2D eigenvalue weighted by Gasteiger charge is -2.32. The molecule has 0 amide bonds. The van der Waals surface area contributed by atoms with Crippen LogP contribution in [0.25, 0.3) is 0 Å². The lowest BCUT2D eigenvalue weighted by atomic mass is 9.76. The van der Waals surface area contributed by atoms with Crippen molar-refractivity contribution in [2.24, 2.45) is 0 Å². The summed E-state index contributed by atoms with van der Waals surface area (Å²) in [5.74, 6) is 0. The van der Waals surface area contributed by atoms with Crippen LogP contribution < -0.4 is 0 Å². The van der Waals surface area contributed by atoms with Crippen molar-refractivity contribution >= 4 is 7.12 Å². The summed E-state index contributed by atoms with van der Waals surface area (Å²) >= 11 is 0. The molecule has 3 nitrogen and oxygen atoms in total. The summed E-state index contributed by atoms with van der Waals surface area (Å²) in [4.78, 5) is 2.47. The van der Waals surface area contributed by atoms with Gasteiger partial charge in [-0.25, -0.2) is 0 Å². The molecule has 0 bridgehead atoms. The van der Waals surface area contributed by atoms with Crippen molar-refractivity contribution < 1.29 is 9.31 Å². The van der Waals surface area contributed by atoms with E-state index in [1.165, 1.54) is 11.0 Å². The maximum Gasteiger partial charge on any atom is 0.491 e. The molecule has 2 aliphatic rings. The van der Waals surface area contributed by atoms with Crippen molar-refractivity contribution in [2.75, 3.05) is 13.1 Å². The molecule has 0 spiro atoms. The third kappa shape index (κ3) is 3.14. The Bertz CT molecular complexity index is 537. The third-order valence-corrected chi connectivity index (χ3v) is 5.06. The highest BCUT2D eigenvalue weighted by Gasteiger charge is 2.52. The van der Waals surface area contributed by atoms with E-state index < -0.39 is 0 Å². The minimum atomic E-state index is -0.264. The van der Waals surface area contributed by atoms with Crippen molar-refractivity contribution in [2.45, 2.75) is 51.9 Å². The summed E-state index contributed by atoms with van der Waals surface area (Å²) in [5, 5.41) is 0. The van der Waals surface area contributed by atoms with E-state index >= 15 is 0 Å². The molecule has 1 aromatic rings. The molecule has 0 radical (unpaired) electrons. The van der Waals surface area contributed by atoms with Crippen LogP contribution in [0, 0.1) is 0 Å². The largest absolute Gasteiger partial charge is 0.491 e. The minimum Gasteiger partial charge on any atom is -0.400 e. The van der Waals surface area contributed by atoms with Crippen molar-refractivity contribution in [1.82, 2.24) is 4.90 Å². The maximum atomic E-state index is 6.18. The Morgan fingerprint density at radius 1 is 1.05 bits per heavy atom. The topological polar surface area (TPSA) is 21.7 Å². The van der Waals surface area contributed by atoms with Gasteiger partial charge in [0.25, 0.3) is 0 Å². The van der Waals surface area contributed by atoms with E-state index in [-0.39, 0.29) is 18.3 Å². The average molecular weight is 299 g/mol. The van der Waals surface area contributed by atoms with Crippen LogP contribution in [-0.4, -0.2) is 36.3 Å². The van der Waals surface area contributed by atoms with E-state index in [0.717, 1.165) is 26.1 Å². The summed E-state index contributed by atoms with van der Waals surface area (Å²) in [7, 11) is -0.205. The number of benzene rings is 1. The Labute approximate surface area is 134 Å². The van der Waals surface area contributed by atoms with Crippen molar-refractivity contribution in [3.05, 3.63) is 47.4 Å². The average Bonchev–Trinajstić information content (AvgIpc) is 2.69. The van der Waals surface area contributed by atoms with Crippen LogP contribution in [0.3, 0.4) is 0 Å². The molecular weight excluding hydrogens is 273 g/mol. The molecule has 0 saturated carbocycles. The monoisotopic (exact) mass is 299 g/mol. The van der Waals surface area contributed by atoms with E-state index in [9.17, 15) is 0 Å². The van der Waals surface area contributed by atoms with E-state index in [2.05, 4.69) is 69.0 Å². The Morgan fingerprint density at radius 2 is 1.68 bits per heavy atom.